The monoisotopic (exact) mass is 629 g/mol. The number of aromatic nitrogens is 1. The molecule has 0 aliphatic carbocycles. The third kappa shape index (κ3) is 6.06. The number of fused-ring (bicyclic) bond motifs is 2. The number of pyridine rings is 1. The number of aliphatic hydroxyl groups is 1. The number of aliphatic imine (C=N–C) groups is 1. The number of anilines is 1. The standard InChI is InChI=1S/C31H31ClF3N5O4/c1-39-8-5-20(6-9-39)40-15-18-10-17-11-26(38-25(17)13-22(18)30(40)43)28-24(4-7-36-29(28)42)37-14-21(41)16-44-27-12-19(31(33,34)35)2-3-23(27)32/h2-4,7,10,12-13,20-21,41H,5-6,8-9,11,14-16H2,1H3,(H2,36,37,42)/t21-/m1/s1. The van der Waals surface area contributed by atoms with Gasteiger partial charge < -0.3 is 29.9 Å². The van der Waals surface area contributed by atoms with Crippen LogP contribution < -0.4 is 15.6 Å². The third-order valence-corrected chi connectivity index (χ3v) is 8.66. The average molecular weight is 630 g/mol. The number of nitrogens with zero attached hydrogens (tertiary/aromatic N) is 3. The number of amides is 1. The fourth-order valence-corrected chi connectivity index (χ4v) is 6.13. The van der Waals surface area contributed by atoms with Gasteiger partial charge in [0.25, 0.3) is 11.5 Å². The summed E-state index contributed by atoms with van der Waals surface area (Å²) >= 11 is 5.98. The molecule has 0 spiro atoms. The highest BCUT2D eigenvalue weighted by atomic mass is 35.5. The lowest BCUT2D eigenvalue weighted by Gasteiger charge is -2.34. The lowest BCUT2D eigenvalue weighted by molar-refractivity contribution is -0.137. The largest absolute Gasteiger partial charge is 0.489 e. The number of carbonyl (C=O) groups is 1. The molecule has 1 amide bonds. The first-order chi connectivity index (χ1) is 21.0. The molecule has 4 heterocycles. The van der Waals surface area contributed by atoms with Crippen molar-refractivity contribution in [1.82, 2.24) is 14.8 Å². The van der Waals surface area contributed by atoms with Gasteiger partial charge in [-0.2, -0.15) is 13.2 Å². The number of carbonyl (C=O) groups excluding carboxylic acids is 1. The van der Waals surface area contributed by atoms with E-state index in [4.69, 9.17) is 21.3 Å². The van der Waals surface area contributed by atoms with Gasteiger partial charge in [0.05, 0.1) is 33.2 Å². The highest BCUT2D eigenvalue weighted by Crippen LogP contribution is 2.38. The van der Waals surface area contributed by atoms with Crippen molar-refractivity contribution in [3.63, 3.8) is 0 Å². The summed E-state index contributed by atoms with van der Waals surface area (Å²) in [6.07, 6.45) is -1.95. The summed E-state index contributed by atoms with van der Waals surface area (Å²) in [5.41, 5.74) is 3.15. The molecule has 6 rings (SSSR count). The third-order valence-electron chi connectivity index (χ3n) is 8.35. The van der Waals surface area contributed by atoms with Crippen LogP contribution in [0, 0.1) is 0 Å². The van der Waals surface area contributed by atoms with Crippen molar-refractivity contribution < 1.29 is 27.8 Å². The molecule has 2 aromatic carbocycles. The van der Waals surface area contributed by atoms with Crippen LogP contribution in [0.2, 0.25) is 5.02 Å². The molecule has 44 heavy (non-hydrogen) atoms. The van der Waals surface area contributed by atoms with Crippen LogP contribution >= 0.6 is 11.6 Å². The van der Waals surface area contributed by atoms with Crippen LogP contribution in [0.15, 0.2) is 52.4 Å². The van der Waals surface area contributed by atoms with Crippen molar-refractivity contribution in [3.8, 4) is 5.75 Å². The Morgan fingerprint density at radius 3 is 2.68 bits per heavy atom. The number of hydrogen-bond acceptors (Lipinski definition) is 7. The molecule has 232 valence electrons. The molecule has 1 atom stereocenters. The van der Waals surface area contributed by atoms with Crippen molar-refractivity contribution in [2.45, 2.75) is 44.1 Å². The van der Waals surface area contributed by atoms with Gasteiger partial charge in [-0.1, -0.05) is 17.7 Å². The number of likely N-dealkylation sites (tertiary alicyclic amines) is 1. The number of aliphatic hydroxyl groups excluding tert-OH is 1. The number of benzene rings is 2. The predicted octanol–water partition coefficient (Wildman–Crippen LogP) is 4.63. The molecule has 0 saturated carbocycles. The SMILES string of the molecule is CN1CCC(N2Cc3cc4c(cc3C2=O)N=C(c2c(NC[C@@H](O)COc3cc(C(F)(F)F)ccc3Cl)cc[nH]c2=O)C4)CC1. The second-order valence-electron chi connectivity index (χ2n) is 11.4. The molecule has 3 aliphatic heterocycles. The summed E-state index contributed by atoms with van der Waals surface area (Å²) in [6, 6.07) is 8.41. The van der Waals surface area contributed by atoms with Crippen molar-refractivity contribution in [2.75, 3.05) is 38.6 Å². The van der Waals surface area contributed by atoms with Crippen LogP contribution in [-0.4, -0.2) is 76.9 Å². The molecule has 0 radical (unpaired) electrons. The summed E-state index contributed by atoms with van der Waals surface area (Å²) in [4.78, 5) is 37.9. The number of halogens is 4. The molecule has 13 heteroatoms. The van der Waals surface area contributed by atoms with Crippen LogP contribution in [0.5, 0.6) is 5.75 Å². The van der Waals surface area contributed by atoms with E-state index < -0.39 is 17.8 Å². The maximum Gasteiger partial charge on any atom is 0.416 e. The Labute approximate surface area is 256 Å². The molecule has 0 bridgehead atoms. The van der Waals surface area contributed by atoms with E-state index in [1.807, 2.05) is 17.0 Å². The van der Waals surface area contributed by atoms with E-state index in [0.717, 1.165) is 55.3 Å². The average Bonchev–Trinajstić information content (AvgIpc) is 3.54. The second-order valence-corrected chi connectivity index (χ2v) is 11.8. The summed E-state index contributed by atoms with van der Waals surface area (Å²) < 4.78 is 44.5. The Bertz CT molecular complexity index is 1680. The molecule has 1 fully saturated rings. The zero-order valence-electron chi connectivity index (χ0n) is 23.9. The van der Waals surface area contributed by atoms with Crippen LogP contribution in [0.3, 0.4) is 0 Å². The Morgan fingerprint density at radius 2 is 1.93 bits per heavy atom. The molecular weight excluding hydrogens is 599 g/mol. The first-order valence-corrected chi connectivity index (χ1v) is 14.7. The van der Waals surface area contributed by atoms with Crippen LogP contribution in [0.1, 0.15) is 45.5 Å². The van der Waals surface area contributed by atoms with E-state index in [1.165, 1.54) is 6.20 Å². The van der Waals surface area contributed by atoms with Gasteiger partial charge in [-0.15, -0.1) is 0 Å². The van der Waals surface area contributed by atoms with E-state index in [1.54, 1.807) is 6.07 Å². The molecule has 3 aromatic rings. The molecular formula is C31H31ClF3N5O4. The lowest BCUT2D eigenvalue weighted by Crippen LogP contribution is -2.43. The second kappa shape index (κ2) is 11.9. The van der Waals surface area contributed by atoms with Gasteiger partial charge in [0.15, 0.2) is 0 Å². The Balaban J connectivity index is 1.13. The number of hydrogen-bond donors (Lipinski definition) is 3. The van der Waals surface area contributed by atoms with Crippen molar-refractivity contribution in [1.29, 1.82) is 0 Å². The van der Waals surface area contributed by atoms with E-state index in [-0.39, 0.29) is 41.4 Å². The predicted molar refractivity (Wildman–Crippen MR) is 160 cm³/mol. The summed E-state index contributed by atoms with van der Waals surface area (Å²) in [5.74, 6) is -0.182. The fourth-order valence-electron chi connectivity index (χ4n) is 5.96. The maximum atomic E-state index is 13.3. The van der Waals surface area contributed by atoms with Gasteiger partial charge in [-0.25, -0.2) is 0 Å². The molecule has 1 aromatic heterocycles. The highest BCUT2D eigenvalue weighted by molar-refractivity contribution is 6.32. The lowest BCUT2D eigenvalue weighted by atomic mass is 10.00. The van der Waals surface area contributed by atoms with Gasteiger partial charge in [0, 0.05) is 37.3 Å². The number of nitrogens with one attached hydrogen (secondary N) is 2. The van der Waals surface area contributed by atoms with Crippen molar-refractivity contribution in [3.05, 3.63) is 85.8 Å². The van der Waals surface area contributed by atoms with E-state index >= 15 is 0 Å². The Hall–Kier alpha value is -3.87. The maximum absolute atomic E-state index is 13.3. The summed E-state index contributed by atoms with van der Waals surface area (Å²) in [7, 11) is 2.09. The number of aromatic amines is 1. The number of rotatable bonds is 8. The molecule has 1 saturated heterocycles. The summed E-state index contributed by atoms with van der Waals surface area (Å²) in [6.45, 7) is 2.09. The smallest absolute Gasteiger partial charge is 0.416 e. The van der Waals surface area contributed by atoms with Crippen LogP contribution in [-0.2, 0) is 19.1 Å². The van der Waals surface area contributed by atoms with Gasteiger partial charge in [0.2, 0.25) is 0 Å². The van der Waals surface area contributed by atoms with E-state index in [2.05, 4.69) is 22.2 Å². The van der Waals surface area contributed by atoms with Crippen molar-refractivity contribution >= 4 is 34.6 Å². The van der Waals surface area contributed by atoms with E-state index in [9.17, 15) is 27.9 Å². The minimum absolute atomic E-state index is 0.0172. The first-order valence-electron chi connectivity index (χ1n) is 14.3. The fraction of sp³-hybridized carbons (Fsp3) is 0.387. The highest BCUT2D eigenvalue weighted by Gasteiger charge is 2.36. The van der Waals surface area contributed by atoms with Gasteiger partial charge in [-0.05, 0) is 74.4 Å². The molecule has 9 nitrogen and oxygen atoms in total. The number of piperidine rings is 1. The normalized spacial score (nSPS) is 17.8. The molecule has 3 N–H and O–H groups in total. The number of H-pyrrole nitrogens is 1. The van der Waals surface area contributed by atoms with E-state index in [0.29, 0.717) is 41.2 Å². The van der Waals surface area contributed by atoms with Gasteiger partial charge in [-0.3, -0.25) is 14.6 Å². The quantitative estimate of drug-likeness (QED) is 0.335. The Morgan fingerprint density at radius 1 is 1.16 bits per heavy atom. The number of alkyl halides is 3. The van der Waals surface area contributed by atoms with Gasteiger partial charge >= 0.3 is 6.18 Å². The molecule has 0 unspecified atom stereocenters. The molecule has 3 aliphatic rings. The first kappa shape index (κ1) is 30.2. The minimum Gasteiger partial charge on any atom is -0.489 e. The van der Waals surface area contributed by atoms with Crippen molar-refractivity contribution in [2.24, 2.45) is 4.99 Å². The topological polar surface area (TPSA) is 110 Å². The minimum atomic E-state index is -4.56. The van der Waals surface area contributed by atoms with Crippen LogP contribution in [0.4, 0.5) is 24.5 Å². The number of ether oxygens (including phenoxy) is 1. The summed E-state index contributed by atoms with van der Waals surface area (Å²) in [5, 5.41) is 13.5. The van der Waals surface area contributed by atoms with Crippen LogP contribution in [0.25, 0.3) is 0 Å². The zero-order valence-corrected chi connectivity index (χ0v) is 24.6. The zero-order chi connectivity index (χ0) is 31.2. The Kier molecular flexibility index (Phi) is 8.16. The van der Waals surface area contributed by atoms with Gasteiger partial charge in [0.1, 0.15) is 18.5 Å².